The van der Waals surface area contributed by atoms with Gasteiger partial charge in [-0.25, -0.2) is 4.79 Å². The van der Waals surface area contributed by atoms with E-state index in [1.54, 1.807) is 6.20 Å². The van der Waals surface area contributed by atoms with Crippen molar-refractivity contribution in [1.82, 2.24) is 20.1 Å². The zero-order valence-corrected chi connectivity index (χ0v) is 15.8. The Labute approximate surface area is 170 Å². The predicted molar refractivity (Wildman–Crippen MR) is 111 cm³/mol. The largest absolute Gasteiger partial charge is 0.465 e. The number of likely N-dealkylation sites (tertiary alicyclic amines) is 1. The molecular formula is C21H19N5O4. The number of aliphatic hydroxyl groups excluding tert-OH is 1. The van der Waals surface area contributed by atoms with Crippen LogP contribution in [-0.2, 0) is 4.79 Å². The highest BCUT2D eigenvalue weighted by molar-refractivity contribution is 6.06. The fourth-order valence-corrected chi connectivity index (χ4v) is 4.07. The molecule has 0 spiro atoms. The minimum absolute atomic E-state index is 0.0424. The van der Waals surface area contributed by atoms with E-state index >= 15 is 0 Å². The zero-order valence-electron chi connectivity index (χ0n) is 15.8. The first-order chi connectivity index (χ1) is 14.5. The summed E-state index contributed by atoms with van der Waals surface area (Å²) >= 11 is 0. The molecule has 1 saturated heterocycles. The van der Waals surface area contributed by atoms with Crippen LogP contribution in [0.5, 0.6) is 0 Å². The summed E-state index contributed by atoms with van der Waals surface area (Å²) in [4.78, 5) is 28.3. The second-order valence-electron chi connectivity index (χ2n) is 7.45. The van der Waals surface area contributed by atoms with Crippen LogP contribution in [0.15, 0.2) is 48.8 Å². The molecular weight excluding hydrogens is 386 g/mol. The molecule has 1 aliphatic heterocycles. The van der Waals surface area contributed by atoms with Crippen molar-refractivity contribution >= 4 is 39.5 Å². The van der Waals surface area contributed by atoms with Gasteiger partial charge in [-0.1, -0.05) is 12.1 Å². The van der Waals surface area contributed by atoms with Crippen LogP contribution in [0.1, 0.15) is 0 Å². The molecule has 1 aliphatic rings. The van der Waals surface area contributed by atoms with Crippen LogP contribution in [-0.4, -0.2) is 61.5 Å². The molecule has 9 nitrogen and oxygen atoms in total. The molecule has 1 fully saturated rings. The topological polar surface area (TPSA) is 134 Å². The summed E-state index contributed by atoms with van der Waals surface area (Å²) in [5.74, 6) is -1.26. The molecule has 4 aromatic rings. The molecule has 2 amide bonds. The lowest BCUT2D eigenvalue weighted by atomic mass is 9.99. The smallest absolute Gasteiger partial charge is 0.407 e. The number of aromatic amines is 2. The van der Waals surface area contributed by atoms with Crippen molar-refractivity contribution in [2.75, 3.05) is 18.4 Å². The van der Waals surface area contributed by atoms with Crippen molar-refractivity contribution in [1.29, 1.82) is 0 Å². The second-order valence-corrected chi connectivity index (χ2v) is 7.45. The highest BCUT2D eigenvalue weighted by Crippen LogP contribution is 2.34. The lowest BCUT2D eigenvalue weighted by Crippen LogP contribution is -2.32. The van der Waals surface area contributed by atoms with E-state index in [2.05, 4.69) is 20.5 Å². The quantitative estimate of drug-likeness (QED) is 0.357. The van der Waals surface area contributed by atoms with Crippen molar-refractivity contribution in [3.63, 3.8) is 0 Å². The first-order valence-corrected chi connectivity index (χ1v) is 9.51. The number of H-pyrrole nitrogens is 2. The molecule has 0 saturated carbocycles. The van der Waals surface area contributed by atoms with Gasteiger partial charge in [0.25, 0.3) is 0 Å². The number of aliphatic hydroxyl groups is 1. The fraction of sp³-hybridized carbons (Fsp3) is 0.190. The summed E-state index contributed by atoms with van der Waals surface area (Å²) < 4.78 is 0. The third-order valence-corrected chi connectivity index (χ3v) is 5.62. The van der Waals surface area contributed by atoms with Crippen molar-refractivity contribution in [3.05, 3.63) is 48.8 Å². The summed E-state index contributed by atoms with van der Waals surface area (Å²) in [6.45, 7) is -0.122. The van der Waals surface area contributed by atoms with Gasteiger partial charge in [-0.15, -0.1) is 0 Å². The van der Waals surface area contributed by atoms with Crippen LogP contribution in [0.3, 0.4) is 0 Å². The minimum atomic E-state index is -1.15. The SMILES string of the molecule is O=C(Nc1cc(-c2cccc3[nH]ccc23)cc2[nH]ncc12)C1CN(C(=O)O)CC1O. The molecule has 152 valence electrons. The Bertz CT molecular complexity index is 1280. The highest BCUT2D eigenvalue weighted by Gasteiger charge is 2.38. The summed E-state index contributed by atoms with van der Waals surface area (Å²) in [5.41, 5.74) is 4.21. The summed E-state index contributed by atoms with van der Waals surface area (Å²) in [6.07, 6.45) is 1.31. The molecule has 5 rings (SSSR count). The number of hydrogen-bond acceptors (Lipinski definition) is 4. The van der Waals surface area contributed by atoms with E-state index in [0.29, 0.717) is 5.69 Å². The van der Waals surface area contributed by atoms with Gasteiger partial charge in [-0.3, -0.25) is 9.89 Å². The minimum Gasteiger partial charge on any atom is -0.465 e. The second kappa shape index (κ2) is 6.89. The first kappa shape index (κ1) is 18.2. The molecule has 30 heavy (non-hydrogen) atoms. The van der Waals surface area contributed by atoms with Gasteiger partial charge >= 0.3 is 6.09 Å². The number of nitrogens with zero attached hydrogens (tertiary/aromatic N) is 2. The first-order valence-electron chi connectivity index (χ1n) is 9.51. The van der Waals surface area contributed by atoms with Gasteiger partial charge in [0.05, 0.1) is 36.0 Å². The number of amides is 2. The van der Waals surface area contributed by atoms with Gasteiger partial charge in [0, 0.05) is 29.0 Å². The van der Waals surface area contributed by atoms with E-state index in [1.807, 2.05) is 42.6 Å². The monoisotopic (exact) mass is 405 g/mol. The van der Waals surface area contributed by atoms with Crippen molar-refractivity contribution in [3.8, 4) is 11.1 Å². The van der Waals surface area contributed by atoms with Gasteiger partial charge in [-0.05, 0) is 35.4 Å². The normalized spacial score (nSPS) is 18.9. The Balaban J connectivity index is 1.52. The van der Waals surface area contributed by atoms with Crippen LogP contribution in [0.4, 0.5) is 10.5 Å². The van der Waals surface area contributed by atoms with Gasteiger partial charge < -0.3 is 25.4 Å². The number of carbonyl (C=O) groups is 2. The molecule has 9 heteroatoms. The van der Waals surface area contributed by atoms with Crippen LogP contribution in [0.25, 0.3) is 32.9 Å². The average molecular weight is 405 g/mol. The van der Waals surface area contributed by atoms with E-state index in [4.69, 9.17) is 5.11 Å². The zero-order chi connectivity index (χ0) is 20.8. The molecule has 2 unspecified atom stereocenters. The number of β-amino-alcohol motifs (C(OH)–C–C–N with tert-alkyl or cyclic N) is 1. The number of rotatable bonds is 3. The Morgan fingerprint density at radius 3 is 2.80 bits per heavy atom. The number of aromatic nitrogens is 3. The molecule has 0 radical (unpaired) electrons. The molecule has 2 aromatic carbocycles. The Morgan fingerprint density at radius 2 is 2.00 bits per heavy atom. The summed E-state index contributed by atoms with van der Waals surface area (Å²) in [5, 5.41) is 31.0. The Hall–Kier alpha value is -3.85. The standard InChI is InChI=1S/C21H19N5O4/c27-19-10-26(21(29)30)9-15(19)20(28)24-17-6-11(7-18-14(17)8-23-25-18)12-2-1-3-16-13(12)4-5-22-16/h1-8,15,19,22,27H,9-10H2,(H,23,25)(H,24,28)(H,29,30). The van der Waals surface area contributed by atoms with Gasteiger partial charge in [0.2, 0.25) is 5.91 Å². The number of carbonyl (C=O) groups excluding carboxylic acids is 1. The molecule has 0 aliphatic carbocycles. The molecule has 3 heterocycles. The maximum atomic E-state index is 12.9. The maximum Gasteiger partial charge on any atom is 0.407 e. The van der Waals surface area contributed by atoms with Gasteiger partial charge in [0.15, 0.2) is 0 Å². The van der Waals surface area contributed by atoms with Crippen LogP contribution < -0.4 is 5.32 Å². The number of carboxylic acid groups (broad SMARTS) is 1. The number of benzene rings is 2. The lowest BCUT2D eigenvalue weighted by molar-refractivity contribution is -0.121. The van der Waals surface area contributed by atoms with E-state index in [9.17, 15) is 14.7 Å². The highest BCUT2D eigenvalue weighted by atomic mass is 16.4. The van der Waals surface area contributed by atoms with E-state index < -0.39 is 24.0 Å². The molecule has 5 N–H and O–H groups in total. The number of hydrogen-bond donors (Lipinski definition) is 5. The van der Waals surface area contributed by atoms with Crippen molar-refractivity contribution < 1.29 is 19.8 Å². The average Bonchev–Trinajstić information content (AvgIpc) is 3.46. The van der Waals surface area contributed by atoms with Gasteiger partial charge in [-0.2, -0.15) is 5.10 Å². The van der Waals surface area contributed by atoms with E-state index in [1.165, 1.54) is 0 Å². The fourth-order valence-electron chi connectivity index (χ4n) is 4.07. The van der Waals surface area contributed by atoms with Crippen molar-refractivity contribution in [2.45, 2.75) is 6.10 Å². The summed E-state index contributed by atoms with van der Waals surface area (Å²) in [6, 6.07) is 11.8. The predicted octanol–water partition coefficient (Wildman–Crippen LogP) is 2.62. The number of nitrogens with one attached hydrogen (secondary N) is 3. The van der Waals surface area contributed by atoms with Gasteiger partial charge in [0.1, 0.15) is 0 Å². The molecule has 0 bridgehead atoms. The number of fused-ring (bicyclic) bond motifs is 2. The van der Waals surface area contributed by atoms with E-state index in [-0.39, 0.29) is 13.1 Å². The number of anilines is 1. The van der Waals surface area contributed by atoms with Crippen LogP contribution in [0, 0.1) is 5.92 Å². The van der Waals surface area contributed by atoms with Crippen molar-refractivity contribution in [2.24, 2.45) is 5.92 Å². The Kier molecular flexibility index (Phi) is 4.18. The molecule has 2 atom stereocenters. The lowest BCUT2D eigenvalue weighted by Gasteiger charge is -2.15. The third-order valence-electron chi connectivity index (χ3n) is 5.62. The summed E-state index contributed by atoms with van der Waals surface area (Å²) in [7, 11) is 0. The van der Waals surface area contributed by atoms with E-state index in [0.717, 1.165) is 37.8 Å². The van der Waals surface area contributed by atoms with Crippen LogP contribution in [0.2, 0.25) is 0 Å². The molecule has 2 aromatic heterocycles. The third kappa shape index (κ3) is 2.96. The Morgan fingerprint density at radius 1 is 1.13 bits per heavy atom. The maximum absolute atomic E-state index is 12.9. The van der Waals surface area contributed by atoms with Crippen LogP contribution >= 0.6 is 0 Å².